The van der Waals surface area contributed by atoms with Gasteiger partial charge in [0.2, 0.25) is 0 Å². The molecule has 0 aromatic carbocycles. The van der Waals surface area contributed by atoms with Gasteiger partial charge < -0.3 is 0 Å². The molecular formula is C12H21NOS. The van der Waals surface area contributed by atoms with Crippen LogP contribution in [0, 0.1) is 5.92 Å². The molecule has 1 heterocycles. The molecule has 86 valence electrons. The van der Waals surface area contributed by atoms with Crippen molar-refractivity contribution in [3.05, 3.63) is 12.7 Å². The largest absolute Gasteiger partial charge is 0.299 e. The first-order valence-electron chi connectivity index (χ1n) is 5.62. The van der Waals surface area contributed by atoms with E-state index in [-0.39, 0.29) is 5.92 Å². The Morgan fingerprint density at radius 1 is 1.60 bits per heavy atom. The van der Waals surface area contributed by atoms with Crippen molar-refractivity contribution < 1.29 is 4.79 Å². The smallest absolute Gasteiger partial charge is 0.138 e. The molecule has 3 heteroatoms. The third-order valence-electron chi connectivity index (χ3n) is 3.21. The number of carbonyl (C=O) groups excluding carboxylic acids is 1. The number of Topliss-reactive ketones (excluding diaryl/α,β-unsaturated/α-hetero) is 1. The van der Waals surface area contributed by atoms with Gasteiger partial charge in [0.1, 0.15) is 5.78 Å². The van der Waals surface area contributed by atoms with Gasteiger partial charge in [-0.25, -0.2) is 0 Å². The van der Waals surface area contributed by atoms with E-state index < -0.39 is 0 Å². The summed E-state index contributed by atoms with van der Waals surface area (Å²) < 4.78 is 0. The van der Waals surface area contributed by atoms with Gasteiger partial charge in [0, 0.05) is 43.0 Å². The highest BCUT2D eigenvalue weighted by molar-refractivity contribution is 7.99. The van der Waals surface area contributed by atoms with E-state index in [1.807, 2.05) is 17.8 Å². The molecular weight excluding hydrogens is 206 g/mol. The van der Waals surface area contributed by atoms with Gasteiger partial charge in [0.15, 0.2) is 0 Å². The van der Waals surface area contributed by atoms with Crippen LogP contribution in [-0.4, -0.2) is 41.3 Å². The number of thioether (sulfide) groups is 1. The normalized spacial score (nSPS) is 28.0. The van der Waals surface area contributed by atoms with Crippen LogP contribution in [0.4, 0.5) is 0 Å². The van der Waals surface area contributed by atoms with Crippen LogP contribution in [0.5, 0.6) is 0 Å². The highest BCUT2D eigenvalue weighted by Gasteiger charge is 2.29. The molecule has 0 aromatic rings. The van der Waals surface area contributed by atoms with Gasteiger partial charge in [-0.15, -0.1) is 6.58 Å². The van der Waals surface area contributed by atoms with Crippen molar-refractivity contribution in [2.45, 2.75) is 26.3 Å². The van der Waals surface area contributed by atoms with Crippen LogP contribution in [0.3, 0.4) is 0 Å². The number of ketones is 1. The minimum Gasteiger partial charge on any atom is -0.299 e. The van der Waals surface area contributed by atoms with Crippen molar-refractivity contribution in [2.75, 3.05) is 24.6 Å². The van der Waals surface area contributed by atoms with Crippen molar-refractivity contribution in [3.8, 4) is 0 Å². The molecule has 2 nitrogen and oxygen atoms in total. The lowest BCUT2D eigenvalue weighted by atomic mass is 9.91. The fraction of sp³-hybridized carbons (Fsp3) is 0.750. The second-order valence-electron chi connectivity index (χ2n) is 4.15. The maximum Gasteiger partial charge on any atom is 0.138 e. The molecule has 1 rings (SSSR count). The van der Waals surface area contributed by atoms with Crippen LogP contribution >= 0.6 is 11.8 Å². The standard InChI is InChI=1S/C12H21NOS/c1-4-8-15-9-7-13-6-5-12(14)10(2)11(13)3/h4,10-11H,1,5-9H2,2-3H3. The lowest BCUT2D eigenvalue weighted by Crippen LogP contribution is -2.47. The number of nitrogens with zero attached hydrogens (tertiary/aromatic N) is 1. The summed E-state index contributed by atoms with van der Waals surface area (Å²) in [7, 11) is 0. The molecule has 0 amide bonds. The van der Waals surface area contributed by atoms with Gasteiger partial charge in [-0.3, -0.25) is 9.69 Å². The van der Waals surface area contributed by atoms with Crippen molar-refractivity contribution in [1.82, 2.24) is 4.90 Å². The van der Waals surface area contributed by atoms with E-state index in [0.717, 1.165) is 31.0 Å². The molecule has 0 N–H and O–H groups in total. The Balaban J connectivity index is 2.29. The summed E-state index contributed by atoms with van der Waals surface area (Å²) in [6, 6.07) is 0.413. The molecule has 15 heavy (non-hydrogen) atoms. The van der Waals surface area contributed by atoms with Gasteiger partial charge in [0.05, 0.1) is 0 Å². The summed E-state index contributed by atoms with van der Waals surface area (Å²) in [6.45, 7) is 9.96. The third kappa shape index (κ3) is 3.65. The first kappa shape index (κ1) is 12.8. The minimum atomic E-state index is 0.211. The number of carbonyl (C=O) groups is 1. The molecule has 0 aromatic heterocycles. The zero-order chi connectivity index (χ0) is 11.3. The maximum atomic E-state index is 11.5. The Hall–Kier alpha value is -0.280. The summed E-state index contributed by atoms with van der Waals surface area (Å²) in [5.41, 5.74) is 0. The first-order chi connectivity index (χ1) is 7.16. The molecule has 0 aliphatic carbocycles. The molecule has 2 atom stereocenters. The second-order valence-corrected chi connectivity index (χ2v) is 5.29. The first-order valence-corrected chi connectivity index (χ1v) is 6.77. The van der Waals surface area contributed by atoms with E-state index in [1.54, 1.807) is 0 Å². The van der Waals surface area contributed by atoms with Gasteiger partial charge in [-0.2, -0.15) is 11.8 Å². The summed E-state index contributed by atoms with van der Waals surface area (Å²) >= 11 is 1.91. The fourth-order valence-corrected chi connectivity index (χ4v) is 2.63. The number of piperidine rings is 1. The second kappa shape index (κ2) is 6.33. The Morgan fingerprint density at radius 3 is 3.00 bits per heavy atom. The van der Waals surface area contributed by atoms with E-state index in [4.69, 9.17) is 0 Å². The number of rotatable bonds is 5. The highest BCUT2D eigenvalue weighted by atomic mass is 32.2. The quantitative estimate of drug-likeness (QED) is 0.530. The predicted molar refractivity (Wildman–Crippen MR) is 67.3 cm³/mol. The maximum absolute atomic E-state index is 11.5. The Bertz CT molecular complexity index is 230. The average molecular weight is 227 g/mol. The van der Waals surface area contributed by atoms with Gasteiger partial charge >= 0.3 is 0 Å². The van der Waals surface area contributed by atoms with Gasteiger partial charge in [-0.1, -0.05) is 13.0 Å². The lowest BCUT2D eigenvalue weighted by molar-refractivity contribution is -0.127. The number of hydrogen-bond acceptors (Lipinski definition) is 3. The van der Waals surface area contributed by atoms with Gasteiger partial charge in [0.25, 0.3) is 0 Å². The SMILES string of the molecule is C=CCSCCN1CCC(=O)C(C)C1C. The van der Waals surface area contributed by atoms with Crippen LogP contribution in [0.2, 0.25) is 0 Å². The summed E-state index contributed by atoms with van der Waals surface area (Å²) in [4.78, 5) is 13.9. The van der Waals surface area contributed by atoms with E-state index in [2.05, 4.69) is 25.3 Å². The minimum absolute atomic E-state index is 0.211. The Morgan fingerprint density at radius 2 is 2.33 bits per heavy atom. The zero-order valence-electron chi connectivity index (χ0n) is 9.74. The summed E-state index contributed by atoms with van der Waals surface area (Å²) in [5, 5.41) is 0. The molecule has 1 aliphatic heterocycles. The van der Waals surface area contributed by atoms with Crippen molar-refractivity contribution in [2.24, 2.45) is 5.92 Å². The molecule has 1 fully saturated rings. The van der Waals surface area contributed by atoms with Crippen LogP contribution in [0.1, 0.15) is 20.3 Å². The van der Waals surface area contributed by atoms with Crippen molar-refractivity contribution in [1.29, 1.82) is 0 Å². The molecule has 0 spiro atoms. The van der Waals surface area contributed by atoms with E-state index in [9.17, 15) is 4.79 Å². The topological polar surface area (TPSA) is 20.3 Å². The molecule has 0 bridgehead atoms. The van der Waals surface area contributed by atoms with Crippen LogP contribution in [-0.2, 0) is 4.79 Å². The summed E-state index contributed by atoms with van der Waals surface area (Å²) in [5.74, 6) is 2.80. The van der Waals surface area contributed by atoms with Crippen molar-refractivity contribution >= 4 is 17.5 Å². The van der Waals surface area contributed by atoms with Crippen LogP contribution in [0.25, 0.3) is 0 Å². The average Bonchev–Trinajstić information content (AvgIpc) is 2.24. The highest BCUT2D eigenvalue weighted by Crippen LogP contribution is 2.20. The molecule has 0 radical (unpaired) electrons. The Labute approximate surface area is 97.1 Å². The lowest BCUT2D eigenvalue weighted by Gasteiger charge is -2.36. The fourth-order valence-electron chi connectivity index (χ4n) is 1.93. The molecule has 1 saturated heterocycles. The van der Waals surface area contributed by atoms with E-state index >= 15 is 0 Å². The third-order valence-corrected chi connectivity index (χ3v) is 4.15. The van der Waals surface area contributed by atoms with Crippen molar-refractivity contribution in [3.63, 3.8) is 0 Å². The molecule has 0 saturated carbocycles. The van der Waals surface area contributed by atoms with Crippen LogP contribution in [0.15, 0.2) is 12.7 Å². The van der Waals surface area contributed by atoms with E-state index in [0.29, 0.717) is 11.8 Å². The molecule has 2 unspecified atom stereocenters. The zero-order valence-corrected chi connectivity index (χ0v) is 10.6. The number of hydrogen-bond donors (Lipinski definition) is 0. The monoisotopic (exact) mass is 227 g/mol. The molecule has 1 aliphatic rings. The predicted octanol–water partition coefficient (Wildman–Crippen LogP) is 2.21. The van der Waals surface area contributed by atoms with Crippen LogP contribution < -0.4 is 0 Å². The van der Waals surface area contributed by atoms with Gasteiger partial charge in [-0.05, 0) is 6.92 Å². The van der Waals surface area contributed by atoms with E-state index in [1.165, 1.54) is 0 Å². The summed E-state index contributed by atoms with van der Waals surface area (Å²) in [6.07, 6.45) is 2.67. The Kier molecular flexibility index (Phi) is 5.40. The number of likely N-dealkylation sites (tertiary alicyclic amines) is 1.